The summed E-state index contributed by atoms with van der Waals surface area (Å²) in [5.41, 5.74) is 0.854. The minimum atomic E-state index is -0.914. The fraction of sp³-hybridized carbons (Fsp3) is 0.333. The van der Waals surface area contributed by atoms with E-state index in [1.54, 1.807) is 13.0 Å². The number of hydrogen-bond acceptors (Lipinski definition) is 4. The van der Waals surface area contributed by atoms with Gasteiger partial charge in [0.1, 0.15) is 0 Å². The Morgan fingerprint density at radius 1 is 1.39 bits per heavy atom. The minimum absolute atomic E-state index is 0.0932. The number of nitro groups is 1. The van der Waals surface area contributed by atoms with E-state index < -0.39 is 16.8 Å². The van der Waals surface area contributed by atoms with Gasteiger partial charge in [0, 0.05) is 42.3 Å². The molecule has 1 aromatic carbocycles. The molecule has 1 aromatic heterocycles. The molecule has 0 unspecified atom stereocenters. The van der Waals surface area contributed by atoms with Crippen LogP contribution >= 0.6 is 0 Å². The summed E-state index contributed by atoms with van der Waals surface area (Å²) in [7, 11) is 0. The van der Waals surface area contributed by atoms with Crippen molar-refractivity contribution in [2.45, 2.75) is 6.92 Å². The van der Waals surface area contributed by atoms with Crippen LogP contribution in [-0.2, 0) is 4.79 Å². The lowest BCUT2D eigenvalue weighted by Gasteiger charge is -2.15. The molecule has 0 bridgehead atoms. The van der Waals surface area contributed by atoms with Gasteiger partial charge in [0.15, 0.2) is 0 Å². The van der Waals surface area contributed by atoms with E-state index in [0.29, 0.717) is 23.0 Å². The number of carbonyl (C=O) groups is 2. The van der Waals surface area contributed by atoms with Crippen molar-refractivity contribution in [1.29, 1.82) is 0 Å². The number of aromatic amines is 1. The van der Waals surface area contributed by atoms with E-state index in [0.717, 1.165) is 0 Å². The summed E-state index contributed by atoms with van der Waals surface area (Å²) < 4.78 is 0. The third kappa shape index (κ3) is 2.52. The number of carbonyl (C=O) groups excluding carboxylic acids is 1. The van der Waals surface area contributed by atoms with E-state index in [2.05, 4.69) is 4.98 Å². The van der Waals surface area contributed by atoms with E-state index >= 15 is 0 Å². The third-order valence-electron chi connectivity index (χ3n) is 4.32. The average molecular weight is 317 g/mol. The predicted molar refractivity (Wildman–Crippen MR) is 81.1 cm³/mol. The number of nitrogens with zero attached hydrogens (tertiary/aromatic N) is 2. The van der Waals surface area contributed by atoms with Crippen LogP contribution in [0.2, 0.25) is 0 Å². The van der Waals surface area contributed by atoms with Crippen LogP contribution in [0.25, 0.3) is 10.9 Å². The first kappa shape index (κ1) is 15.0. The van der Waals surface area contributed by atoms with Gasteiger partial charge in [-0.25, -0.2) is 0 Å². The number of fused-ring (bicyclic) bond motifs is 1. The van der Waals surface area contributed by atoms with Gasteiger partial charge >= 0.3 is 5.97 Å². The highest BCUT2D eigenvalue weighted by atomic mass is 16.6. The number of carboxylic acid groups (broad SMARTS) is 1. The fourth-order valence-corrected chi connectivity index (χ4v) is 3.02. The minimum Gasteiger partial charge on any atom is -0.481 e. The van der Waals surface area contributed by atoms with Crippen molar-refractivity contribution >= 4 is 28.5 Å². The van der Waals surface area contributed by atoms with Crippen LogP contribution in [0, 0.1) is 22.0 Å². The van der Waals surface area contributed by atoms with Gasteiger partial charge in [-0.05, 0) is 12.0 Å². The standard InChI is InChI=1S/C15H15N3O5/c1-8-6-17(7-12(8)15(20)21)14(19)11-5-16-13-3-2-9(18(22)23)4-10(11)13/h2-5,8,12,16H,6-7H2,1H3,(H,20,21)/t8-,12-/m1/s1. The summed E-state index contributed by atoms with van der Waals surface area (Å²) in [5, 5.41) is 20.5. The van der Waals surface area contributed by atoms with Crippen molar-refractivity contribution in [3.63, 3.8) is 0 Å². The maximum atomic E-state index is 12.7. The van der Waals surface area contributed by atoms with Gasteiger partial charge in [-0.1, -0.05) is 6.92 Å². The zero-order valence-corrected chi connectivity index (χ0v) is 12.4. The van der Waals surface area contributed by atoms with Crippen LogP contribution < -0.4 is 0 Å². The molecule has 3 rings (SSSR count). The fourth-order valence-electron chi connectivity index (χ4n) is 3.02. The lowest BCUT2D eigenvalue weighted by molar-refractivity contribution is -0.384. The Morgan fingerprint density at radius 2 is 2.13 bits per heavy atom. The highest BCUT2D eigenvalue weighted by Crippen LogP contribution is 2.28. The van der Waals surface area contributed by atoms with Gasteiger partial charge in [-0.15, -0.1) is 0 Å². The summed E-state index contributed by atoms with van der Waals surface area (Å²) in [4.78, 5) is 38.6. The Bertz CT molecular complexity index is 813. The molecule has 120 valence electrons. The number of aromatic nitrogens is 1. The maximum Gasteiger partial charge on any atom is 0.308 e. The zero-order valence-electron chi connectivity index (χ0n) is 12.4. The number of rotatable bonds is 3. The molecule has 0 radical (unpaired) electrons. The number of carboxylic acids is 1. The molecule has 8 heteroatoms. The molecule has 0 aliphatic carbocycles. The molecule has 0 spiro atoms. The Balaban J connectivity index is 1.94. The number of amides is 1. The number of hydrogen-bond donors (Lipinski definition) is 2. The number of likely N-dealkylation sites (tertiary alicyclic amines) is 1. The number of H-pyrrole nitrogens is 1. The van der Waals surface area contributed by atoms with Gasteiger partial charge in [-0.2, -0.15) is 0 Å². The van der Waals surface area contributed by atoms with Crippen LogP contribution in [-0.4, -0.2) is 44.9 Å². The van der Waals surface area contributed by atoms with E-state index in [4.69, 9.17) is 5.11 Å². The average Bonchev–Trinajstić information content (AvgIpc) is 3.09. The molecule has 8 nitrogen and oxygen atoms in total. The summed E-state index contributed by atoms with van der Waals surface area (Å²) >= 11 is 0. The van der Waals surface area contributed by atoms with E-state index in [-0.39, 0.29) is 24.1 Å². The van der Waals surface area contributed by atoms with Crippen LogP contribution in [0.5, 0.6) is 0 Å². The molecule has 2 atom stereocenters. The van der Waals surface area contributed by atoms with Gasteiger partial charge in [0.25, 0.3) is 11.6 Å². The first-order valence-electron chi connectivity index (χ1n) is 7.16. The second-order valence-electron chi connectivity index (χ2n) is 5.82. The van der Waals surface area contributed by atoms with Crippen molar-refractivity contribution < 1.29 is 19.6 Å². The molecule has 2 aromatic rings. The van der Waals surface area contributed by atoms with Crippen molar-refractivity contribution in [2.75, 3.05) is 13.1 Å². The first-order valence-corrected chi connectivity index (χ1v) is 7.16. The normalized spacial score (nSPS) is 20.8. The predicted octanol–water partition coefficient (Wildman–Crippen LogP) is 1.87. The Hall–Kier alpha value is -2.90. The summed E-state index contributed by atoms with van der Waals surface area (Å²) in [6.45, 7) is 2.31. The first-order chi connectivity index (χ1) is 10.9. The number of nitro benzene ring substituents is 1. The zero-order chi connectivity index (χ0) is 16.7. The Kier molecular flexibility index (Phi) is 3.51. The molecule has 2 heterocycles. The molecule has 1 aliphatic heterocycles. The quantitative estimate of drug-likeness (QED) is 0.662. The maximum absolute atomic E-state index is 12.7. The van der Waals surface area contributed by atoms with E-state index in [1.807, 2.05) is 0 Å². The molecule has 1 amide bonds. The van der Waals surface area contributed by atoms with Gasteiger partial charge in [0.2, 0.25) is 0 Å². The second kappa shape index (κ2) is 5.38. The smallest absolute Gasteiger partial charge is 0.308 e. The molecule has 1 fully saturated rings. The van der Waals surface area contributed by atoms with Gasteiger partial charge in [-0.3, -0.25) is 19.7 Å². The van der Waals surface area contributed by atoms with Crippen molar-refractivity contribution in [3.8, 4) is 0 Å². The Labute approximate surface area is 130 Å². The summed E-state index contributed by atoms with van der Waals surface area (Å²) in [6, 6.07) is 4.27. The van der Waals surface area contributed by atoms with Crippen molar-refractivity contribution in [3.05, 3.63) is 40.1 Å². The van der Waals surface area contributed by atoms with Crippen molar-refractivity contribution in [1.82, 2.24) is 9.88 Å². The number of aliphatic carboxylic acids is 1. The molecule has 2 N–H and O–H groups in total. The topological polar surface area (TPSA) is 117 Å². The highest BCUT2D eigenvalue weighted by Gasteiger charge is 2.37. The van der Waals surface area contributed by atoms with E-state index in [9.17, 15) is 19.7 Å². The molecular formula is C15H15N3O5. The molecular weight excluding hydrogens is 302 g/mol. The van der Waals surface area contributed by atoms with Crippen LogP contribution in [0.15, 0.2) is 24.4 Å². The lowest BCUT2D eigenvalue weighted by Crippen LogP contribution is -2.29. The number of benzene rings is 1. The molecule has 1 aliphatic rings. The van der Waals surface area contributed by atoms with Gasteiger partial charge < -0.3 is 15.0 Å². The van der Waals surface area contributed by atoms with Gasteiger partial charge in [0.05, 0.1) is 16.4 Å². The van der Waals surface area contributed by atoms with Crippen LogP contribution in [0.1, 0.15) is 17.3 Å². The lowest BCUT2D eigenvalue weighted by atomic mass is 9.99. The summed E-state index contributed by atoms with van der Waals surface area (Å²) in [5.74, 6) is -1.94. The highest BCUT2D eigenvalue weighted by molar-refractivity contribution is 6.07. The molecule has 1 saturated heterocycles. The number of nitrogens with one attached hydrogen (secondary N) is 1. The van der Waals surface area contributed by atoms with Crippen LogP contribution in [0.4, 0.5) is 5.69 Å². The molecule has 0 saturated carbocycles. The number of non-ortho nitro benzene ring substituents is 1. The second-order valence-corrected chi connectivity index (χ2v) is 5.82. The third-order valence-corrected chi connectivity index (χ3v) is 4.32. The molecule has 23 heavy (non-hydrogen) atoms. The van der Waals surface area contributed by atoms with Crippen LogP contribution in [0.3, 0.4) is 0 Å². The largest absolute Gasteiger partial charge is 0.481 e. The summed E-state index contributed by atoms with van der Waals surface area (Å²) in [6.07, 6.45) is 1.51. The monoisotopic (exact) mass is 317 g/mol. The van der Waals surface area contributed by atoms with Crippen molar-refractivity contribution in [2.24, 2.45) is 11.8 Å². The van der Waals surface area contributed by atoms with E-state index in [1.165, 1.54) is 23.2 Å². The Morgan fingerprint density at radius 3 is 2.74 bits per heavy atom. The SMILES string of the molecule is C[C@@H]1CN(C(=O)c2c[nH]c3ccc([N+](=O)[O-])cc23)C[C@H]1C(=O)O.